The molecular weight excluding hydrogens is 322 g/mol. The molecule has 1 N–H and O–H groups in total. The summed E-state index contributed by atoms with van der Waals surface area (Å²) in [6.07, 6.45) is 1.73. The third kappa shape index (κ3) is 3.40. The van der Waals surface area contributed by atoms with E-state index in [1.54, 1.807) is 37.0 Å². The highest BCUT2D eigenvalue weighted by molar-refractivity contribution is 5.92. The highest BCUT2D eigenvalue weighted by atomic mass is 16.5. The first-order chi connectivity index (χ1) is 11.8. The molecule has 0 aliphatic carbocycles. The minimum atomic E-state index is -0.366. The average Bonchev–Trinajstić information content (AvgIpc) is 2.95. The van der Waals surface area contributed by atoms with E-state index in [2.05, 4.69) is 10.4 Å². The quantitative estimate of drug-likeness (QED) is 0.737. The molecule has 0 atom stereocenters. The Bertz CT molecular complexity index is 1020. The van der Waals surface area contributed by atoms with Gasteiger partial charge in [0.2, 0.25) is 0 Å². The molecule has 0 bridgehead atoms. The van der Waals surface area contributed by atoms with Crippen LogP contribution in [0.2, 0.25) is 0 Å². The van der Waals surface area contributed by atoms with Crippen LogP contribution < -0.4 is 15.7 Å². The van der Waals surface area contributed by atoms with Crippen molar-refractivity contribution in [2.45, 2.75) is 20.8 Å². The van der Waals surface area contributed by atoms with Crippen molar-refractivity contribution in [2.75, 3.05) is 11.9 Å². The predicted molar refractivity (Wildman–Crippen MR) is 94.0 cm³/mol. The molecule has 7 nitrogen and oxygen atoms in total. The number of hydrogen-bond donors (Lipinski definition) is 1. The van der Waals surface area contributed by atoms with Crippen LogP contribution in [0.25, 0.3) is 11.0 Å². The molecule has 0 saturated heterocycles. The van der Waals surface area contributed by atoms with Crippen molar-refractivity contribution < 1.29 is 13.9 Å². The van der Waals surface area contributed by atoms with Gasteiger partial charge >= 0.3 is 5.63 Å². The van der Waals surface area contributed by atoms with E-state index in [0.717, 1.165) is 11.1 Å². The summed E-state index contributed by atoms with van der Waals surface area (Å²) in [6.45, 7) is 5.24. The van der Waals surface area contributed by atoms with E-state index in [4.69, 9.17) is 9.15 Å². The van der Waals surface area contributed by atoms with Gasteiger partial charge in [-0.2, -0.15) is 5.10 Å². The summed E-state index contributed by atoms with van der Waals surface area (Å²) >= 11 is 0. The molecule has 130 valence electrons. The van der Waals surface area contributed by atoms with Crippen molar-refractivity contribution in [3.63, 3.8) is 0 Å². The smallest absolute Gasteiger partial charge is 0.339 e. The molecule has 0 aliphatic heterocycles. The van der Waals surface area contributed by atoms with Crippen LogP contribution in [0.4, 0.5) is 5.82 Å². The zero-order chi connectivity index (χ0) is 18.1. The lowest BCUT2D eigenvalue weighted by Gasteiger charge is -2.12. The lowest BCUT2D eigenvalue weighted by atomic mass is 10.0. The fourth-order valence-corrected chi connectivity index (χ4v) is 2.61. The van der Waals surface area contributed by atoms with E-state index in [1.165, 1.54) is 0 Å². The highest BCUT2D eigenvalue weighted by Crippen LogP contribution is 2.30. The van der Waals surface area contributed by atoms with E-state index in [0.29, 0.717) is 28.1 Å². The van der Waals surface area contributed by atoms with Crippen LogP contribution in [-0.2, 0) is 11.8 Å². The van der Waals surface area contributed by atoms with Crippen LogP contribution in [-0.4, -0.2) is 22.3 Å². The maximum Gasteiger partial charge on any atom is 0.339 e. The summed E-state index contributed by atoms with van der Waals surface area (Å²) in [7, 11) is 1.77. The van der Waals surface area contributed by atoms with Crippen LogP contribution in [0.3, 0.4) is 0 Å². The first-order valence-electron chi connectivity index (χ1n) is 7.82. The van der Waals surface area contributed by atoms with E-state index < -0.39 is 0 Å². The lowest BCUT2D eigenvalue weighted by Crippen LogP contribution is -2.20. The van der Waals surface area contributed by atoms with Crippen molar-refractivity contribution in [3.8, 4) is 5.75 Å². The van der Waals surface area contributed by atoms with Gasteiger partial charge in [-0.1, -0.05) is 0 Å². The van der Waals surface area contributed by atoms with Crippen molar-refractivity contribution in [1.82, 2.24) is 9.78 Å². The van der Waals surface area contributed by atoms with Gasteiger partial charge in [0.1, 0.15) is 11.3 Å². The molecular formula is C18H19N3O4. The van der Waals surface area contributed by atoms with Gasteiger partial charge in [-0.3, -0.25) is 9.48 Å². The monoisotopic (exact) mass is 341 g/mol. The third-order valence-corrected chi connectivity index (χ3v) is 4.00. The average molecular weight is 341 g/mol. The Morgan fingerprint density at radius 2 is 2.04 bits per heavy atom. The molecule has 1 aromatic carbocycles. The van der Waals surface area contributed by atoms with Crippen molar-refractivity contribution >= 4 is 22.7 Å². The maximum absolute atomic E-state index is 12.1. The van der Waals surface area contributed by atoms with E-state index in [-0.39, 0.29) is 18.1 Å². The van der Waals surface area contributed by atoms with Crippen LogP contribution in [0.1, 0.15) is 16.7 Å². The number of carbonyl (C=O) groups excluding carboxylic acids is 1. The number of benzene rings is 1. The van der Waals surface area contributed by atoms with Gasteiger partial charge < -0.3 is 14.5 Å². The normalized spacial score (nSPS) is 10.9. The Balaban J connectivity index is 1.87. The summed E-state index contributed by atoms with van der Waals surface area (Å²) in [5, 5.41) is 7.45. The third-order valence-electron chi connectivity index (χ3n) is 4.00. The molecule has 1 amide bonds. The Hall–Kier alpha value is -3.09. The van der Waals surface area contributed by atoms with Crippen molar-refractivity contribution in [1.29, 1.82) is 0 Å². The Morgan fingerprint density at radius 3 is 2.72 bits per heavy atom. The Morgan fingerprint density at radius 1 is 1.28 bits per heavy atom. The summed E-state index contributed by atoms with van der Waals surface area (Å²) < 4.78 is 12.7. The molecule has 0 aliphatic rings. The van der Waals surface area contributed by atoms with Gasteiger partial charge in [0, 0.05) is 24.9 Å². The molecule has 0 saturated carbocycles. The largest absolute Gasteiger partial charge is 0.483 e. The molecule has 0 spiro atoms. The SMILES string of the molecule is Cc1cc(OCC(=O)Nc2ccn(C)n2)c2c(C)c(C)c(=O)oc2c1. The number of aromatic nitrogens is 2. The van der Waals surface area contributed by atoms with E-state index >= 15 is 0 Å². The second-order valence-electron chi connectivity index (χ2n) is 5.99. The molecule has 3 aromatic rings. The Kier molecular flexibility index (Phi) is 4.31. The maximum atomic E-state index is 12.1. The predicted octanol–water partition coefficient (Wildman–Crippen LogP) is 2.47. The zero-order valence-corrected chi connectivity index (χ0v) is 14.5. The molecule has 3 rings (SSSR count). The van der Waals surface area contributed by atoms with Crippen LogP contribution >= 0.6 is 0 Å². The molecule has 2 aromatic heterocycles. The molecule has 0 unspecified atom stereocenters. The molecule has 0 fully saturated rings. The number of anilines is 1. The minimum Gasteiger partial charge on any atom is -0.483 e. The summed E-state index contributed by atoms with van der Waals surface area (Å²) in [5.41, 5.74) is 2.27. The van der Waals surface area contributed by atoms with Crippen molar-refractivity contribution in [2.24, 2.45) is 7.05 Å². The summed E-state index contributed by atoms with van der Waals surface area (Å²) in [5.74, 6) is 0.652. The second kappa shape index (κ2) is 6.43. The molecule has 2 heterocycles. The minimum absolute atomic E-state index is 0.174. The van der Waals surface area contributed by atoms with Gasteiger partial charge in [-0.05, 0) is 44.0 Å². The number of aryl methyl sites for hydroxylation is 3. The van der Waals surface area contributed by atoms with Crippen LogP contribution in [0.5, 0.6) is 5.75 Å². The van der Waals surface area contributed by atoms with Crippen molar-refractivity contribution in [3.05, 3.63) is 51.5 Å². The first-order valence-corrected chi connectivity index (χ1v) is 7.82. The standard InChI is InChI=1S/C18H19N3O4/c1-10-7-13(17-11(2)12(3)18(23)25-14(17)8-10)24-9-16(22)19-15-5-6-21(4)20-15/h5-8H,9H2,1-4H3,(H,19,20,22). The van der Waals surface area contributed by atoms with Crippen LogP contribution in [0, 0.1) is 20.8 Å². The Labute approximate surface area is 144 Å². The van der Waals surface area contributed by atoms with Gasteiger partial charge in [0.15, 0.2) is 12.4 Å². The fraction of sp³-hybridized carbons (Fsp3) is 0.278. The number of amides is 1. The molecule has 0 radical (unpaired) electrons. The van der Waals surface area contributed by atoms with Gasteiger partial charge in [0.05, 0.1) is 5.39 Å². The number of carbonyl (C=O) groups is 1. The highest BCUT2D eigenvalue weighted by Gasteiger charge is 2.14. The first kappa shape index (κ1) is 16.8. The number of ether oxygens (including phenoxy) is 1. The lowest BCUT2D eigenvalue weighted by molar-refractivity contribution is -0.118. The zero-order valence-electron chi connectivity index (χ0n) is 14.5. The number of rotatable bonds is 4. The topological polar surface area (TPSA) is 86.4 Å². The molecule has 25 heavy (non-hydrogen) atoms. The number of hydrogen-bond acceptors (Lipinski definition) is 5. The van der Waals surface area contributed by atoms with E-state index in [1.807, 2.05) is 19.9 Å². The van der Waals surface area contributed by atoms with E-state index in [9.17, 15) is 9.59 Å². The van der Waals surface area contributed by atoms with Gasteiger partial charge in [-0.25, -0.2) is 4.79 Å². The van der Waals surface area contributed by atoms with Crippen LogP contribution in [0.15, 0.2) is 33.6 Å². The molecule has 7 heteroatoms. The second-order valence-corrected chi connectivity index (χ2v) is 5.99. The number of fused-ring (bicyclic) bond motifs is 1. The summed E-state index contributed by atoms with van der Waals surface area (Å²) in [4.78, 5) is 23.9. The fourth-order valence-electron chi connectivity index (χ4n) is 2.61. The number of nitrogens with zero attached hydrogens (tertiary/aromatic N) is 2. The van der Waals surface area contributed by atoms with Gasteiger partial charge in [-0.15, -0.1) is 0 Å². The van der Waals surface area contributed by atoms with Gasteiger partial charge in [0.25, 0.3) is 5.91 Å². The summed E-state index contributed by atoms with van der Waals surface area (Å²) in [6, 6.07) is 5.30. The number of nitrogens with one attached hydrogen (secondary N) is 1.